The highest BCUT2D eigenvalue weighted by atomic mass is 16.5. The van der Waals surface area contributed by atoms with Crippen LogP contribution in [0.5, 0.6) is 11.5 Å². The van der Waals surface area contributed by atoms with Crippen molar-refractivity contribution in [1.29, 1.82) is 0 Å². The Bertz CT molecular complexity index is 299. The lowest BCUT2D eigenvalue weighted by atomic mass is 10.1. The van der Waals surface area contributed by atoms with Crippen LogP contribution in [0, 0.1) is 17.9 Å². The number of hydrogen-bond donors (Lipinski definition) is 0. The largest absolute Gasteiger partial charge is 0.490 e. The molecule has 0 aliphatic rings. The van der Waals surface area contributed by atoms with Crippen LogP contribution in [0.3, 0.4) is 0 Å². The lowest BCUT2D eigenvalue weighted by Gasteiger charge is -2.13. The van der Waals surface area contributed by atoms with E-state index in [4.69, 9.17) is 9.47 Å². The maximum absolute atomic E-state index is 5.76. The Hall–Kier alpha value is -1.18. The highest BCUT2D eigenvalue weighted by Crippen LogP contribution is 2.26. The van der Waals surface area contributed by atoms with Gasteiger partial charge in [0.05, 0.1) is 13.2 Å². The molecule has 18 heavy (non-hydrogen) atoms. The maximum atomic E-state index is 5.76. The molecule has 2 nitrogen and oxygen atoms in total. The molecule has 0 spiro atoms. The number of benzene rings is 1. The van der Waals surface area contributed by atoms with Gasteiger partial charge in [-0.3, -0.25) is 0 Å². The van der Waals surface area contributed by atoms with Gasteiger partial charge in [0, 0.05) is 0 Å². The van der Waals surface area contributed by atoms with Gasteiger partial charge in [0.2, 0.25) is 0 Å². The summed E-state index contributed by atoms with van der Waals surface area (Å²) in [6.45, 7) is 10.3. The van der Waals surface area contributed by atoms with Crippen molar-refractivity contribution >= 4 is 0 Å². The van der Waals surface area contributed by atoms with Crippen molar-refractivity contribution in [3.63, 3.8) is 0 Å². The molecular weight excluding hydrogens is 224 g/mol. The Morgan fingerprint density at radius 2 is 1.50 bits per heavy atom. The van der Waals surface area contributed by atoms with Crippen LogP contribution < -0.4 is 9.47 Å². The first kappa shape index (κ1) is 14.9. The first-order chi connectivity index (χ1) is 8.59. The summed E-state index contributed by atoms with van der Waals surface area (Å²) >= 11 is 0. The molecule has 0 heterocycles. The molecule has 0 aromatic heterocycles. The van der Waals surface area contributed by atoms with E-state index in [-0.39, 0.29) is 0 Å². The molecule has 0 aliphatic heterocycles. The second kappa shape index (κ2) is 8.02. The van der Waals surface area contributed by atoms with Gasteiger partial charge in [-0.15, -0.1) is 0 Å². The SMILES string of the molecule is CC(C)CCOc1c[c]ccc1OCCC(C)C. The van der Waals surface area contributed by atoms with Crippen LogP contribution in [-0.4, -0.2) is 13.2 Å². The average Bonchev–Trinajstić information content (AvgIpc) is 2.30. The highest BCUT2D eigenvalue weighted by molar-refractivity contribution is 5.38. The van der Waals surface area contributed by atoms with Gasteiger partial charge in [-0.25, -0.2) is 0 Å². The molecule has 101 valence electrons. The topological polar surface area (TPSA) is 18.5 Å². The van der Waals surface area contributed by atoms with Gasteiger partial charge in [0.1, 0.15) is 0 Å². The van der Waals surface area contributed by atoms with Crippen LogP contribution >= 0.6 is 0 Å². The molecule has 2 heteroatoms. The molecule has 0 saturated carbocycles. The van der Waals surface area contributed by atoms with Crippen molar-refractivity contribution in [3.05, 3.63) is 24.3 Å². The van der Waals surface area contributed by atoms with Gasteiger partial charge < -0.3 is 9.47 Å². The summed E-state index contributed by atoms with van der Waals surface area (Å²) in [4.78, 5) is 0. The van der Waals surface area contributed by atoms with E-state index in [1.165, 1.54) is 0 Å². The zero-order valence-electron chi connectivity index (χ0n) is 12.0. The molecule has 1 rings (SSSR count). The molecular formula is C16H25O2. The Morgan fingerprint density at radius 3 is 2.06 bits per heavy atom. The molecule has 1 radical (unpaired) electrons. The lowest BCUT2D eigenvalue weighted by molar-refractivity contribution is 0.246. The van der Waals surface area contributed by atoms with Crippen molar-refractivity contribution in [3.8, 4) is 11.5 Å². The smallest absolute Gasteiger partial charge is 0.161 e. The van der Waals surface area contributed by atoms with Gasteiger partial charge in [-0.2, -0.15) is 0 Å². The minimum absolute atomic E-state index is 0.656. The van der Waals surface area contributed by atoms with Crippen LogP contribution in [0.4, 0.5) is 0 Å². The summed E-state index contributed by atoms with van der Waals surface area (Å²) in [7, 11) is 0. The minimum atomic E-state index is 0.656. The molecule has 1 aromatic rings. The van der Waals surface area contributed by atoms with Gasteiger partial charge in [-0.1, -0.05) is 33.8 Å². The summed E-state index contributed by atoms with van der Waals surface area (Å²) in [5, 5.41) is 0. The molecule has 0 saturated heterocycles. The summed E-state index contributed by atoms with van der Waals surface area (Å²) in [6.07, 6.45) is 2.12. The van der Waals surface area contributed by atoms with Crippen molar-refractivity contribution in [2.24, 2.45) is 11.8 Å². The fraction of sp³-hybridized carbons (Fsp3) is 0.625. The number of hydrogen-bond acceptors (Lipinski definition) is 2. The van der Waals surface area contributed by atoms with Gasteiger partial charge in [-0.05, 0) is 42.9 Å². The van der Waals surface area contributed by atoms with E-state index in [1.54, 1.807) is 0 Å². The molecule has 0 fully saturated rings. The van der Waals surface area contributed by atoms with E-state index in [0.717, 1.165) is 37.6 Å². The van der Waals surface area contributed by atoms with Gasteiger partial charge in [0.15, 0.2) is 11.5 Å². The fourth-order valence-corrected chi connectivity index (χ4v) is 1.44. The maximum Gasteiger partial charge on any atom is 0.161 e. The van der Waals surface area contributed by atoms with Crippen molar-refractivity contribution in [2.45, 2.75) is 40.5 Å². The third-order valence-electron chi connectivity index (χ3n) is 2.69. The predicted molar refractivity (Wildman–Crippen MR) is 75.2 cm³/mol. The average molecular weight is 249 g/mol. The first-order valence-corrected chi connectivity index (χ1v) is 6.85. The predicted octanol–water partition coefficient (Wildman–Crippen LogP) is 4.34. The molecule has 0 atom stereocenters. The first-order valence-electron chi connectivity index (χ1n) is 6.85. The van der Waals surface area contributed by atoms with Crippen molar-refractivity contribution in [1.82, 2.24) is 0 Å². The van der Waals surface area contributed by atoms with E-state index >= 15 is 0 Å². The number of rotatable bonds is 8. The number of ether oxygens (including phenoxy) is 2. The normalized spacial score (nSPS) is 11.0. The fourth-order valence-electron chi connectivity index (χ4n) is 1.44. The molecule has 0 aliphatic carbocycles. The summed E-state index contributed by atoms with van der Waals surface area (Å²) < 4.78 is 11.5. The zero-order valence-corrected chi connectivity index (χ0v) is 12.0. The van der Waals surface area contributed by atoms with Crippen LogP contribution in [0.1, 0.15) is 40.5 Å². The van der Waals surface area contributed by atoms with Crippen LogP contribution in [0.2, 0.25) is 0 Å². The quantitative estimate of drug-likeness (QED) is 0.682. The van der Waals surface area contributed by atoms with E-state index in [2.05, 4.69) is 33.8 Å². The van der Waals surface area contributed by atoms with Crippen molar-refractivity contribution in [2.75, 3.05) is 13.2 Å². The Labute approximate surface area is 111 Å². The van der Waals surface area contributed by atoms with E-state index < -0.39 is 0 Å². The van der Waals surface area contributed by atoms with Crippen LogP contribution in [0.15, 0.2) is 18.2 Å². The third kappa shape index (κ3) is 5.95. The minimum Gasteiger partial charge on any atom is -0.490 e. The zero-order chi connectivity index (χ0) is 13.4. The van der Waals surface area contributed by atoms with E-state index in [9.17, 15) is 0 Å². The molecule has 0 amide bonds. The molecule has 0 N–H and O–H groups in total. The summed E-state index contributed by atoms with van der Waals surface area (Å²) in [5.41, 5.74) is 0. The van der Waals surface area contributed by atoms with Crippen LogP contribution in [0.25, 0.3) is 0 Å². The van der Waals surface area contributed by atoms with E-state index in [1.807, 2.05) is 18.2 Å². The molecule has 0 bridgehead atoms. The van der Waals surface area contributed by atoms with Crippen molar-refractivity contribution < 1.29 is 9.47 Å². The van der Waals surface area contributed by atoms with Gasteiger partial charge in [0.25, 0.3) is 0 Å². The standard InChI is InChI=1S/C16H25O2/c1-13(2)9-11-17-15-7-5-6-8-16(15)18-12-10-14(3)4/h5,7-8,13-14H,9-12H2,1-4H3. The third-order valence-corrected chi connectivity index (χ3v) is 2.69. The van der Waals surface area contributed by atoms with E-state index in [0.29, 0.717) is 11.8 Å². The van der Waals surface area contributed by atoms with Crippen LogP contribution in [-0.2, 0) is 0 Å². The van der Waals surface area contributed by atoms with Gasteiger partial charge >= 0.3 is 0 Å². The Morgan fingerprint density at radius 1 is 0.944 bits per heavy atom. The Kier molecular flexibility index (Phi) is 6.63. The highest BCUT2D eigenvalue weighted by Gasteiger charge is 2.05. The second-order valence-corrected chi connectivity index (χ2v) is 5.43. The molecule has 1 aromatic carbocycles. The summed E-state index contributed by atoms with van der Waals surface area (Å²) in [6, 6.07) is 8.67. The molecule has 0 unspecified atom stereocenters. The lowest BCUT2D eigenvalue weighted by Crippen LogP contribution is -2.05. The summed E-state index contributed by atoms with van der Waals surface area (Å²) in [5.74, 6) is 2.95. The Balaban J connectivity index is 2.45. The second-order valence-electron chi connectivity index (χ2n) is 5.43. The monoisotopic (exact) mass is 249 g/mol.